The summed E-state index contributed by atoms with van der Waals surface area (Å²) in [5.74, 6) is 3.56. The van der Waals surface area contributed by atoms with Crippen molar-refractivity contribution in [3.8, 4) is 0 Å². The summed E-state index contributed by atoms with van der Waals surface area (Å²) in [6, 6.07) is 7.46. The molecule has 1 aromatic heterocycles. The van der Waals surface area contributed by atoms with E-state index >= 15 is 0 Å². The Labute approximate surface area is 176 Å². The molecule has 7 rings (SSSR count). The van der Waals surface area contributed by atoms with Gasteiger partial charge in [-0.05, 0) is 68.4 Å². The molecule has 1 amide bonds. The smallest absolute Gasteiger partial charge is 0.258 e. The molecule has 1 aliphatic heterocycles. The van der Waals surface area contributed by atoms with Crippen LogP contribution in [-0.4, -0.2) is 51.9 Å². The van der Waals surface area contributed by atoms with Gasteiger partial charge in [-0.1, -0.05) is 12.1 Å². The van der Waals surface area contributed by atoms with Gasteiger partial charge in [-0.25, -0.2) is 4.98 Å². The van der Waals surface area contributed by atoms with E-state index in [1.165, 1.54) is 19.3 Å². The van der Waals surface area contributed by atoms with Crippen LogP contribution in [0.3, 0.4) is 0 Å². The zero-order valence-electron chi connectivity index (χ0n) is 17.5. The fourth-order valence-electron chi connectivity index (χ4n) is 7.24. The summed E-state index contributed by atoms with van der Waals surface area (Å²) in [6.45, 7) is 3.89. The van der Waals surface area contributed by atoms with Gasteiger partial charge in [0.25, 0.3) is 5.56 Å². The van der Waals surface area contributed by atoms with E-state index in [-0.39, 0.29) is 11.0 Å². The molecule has 4 saturated carbocycles. The fourth-order valence-corrected chi connectivity index (χ4v) is 7.24. The summed E-state index contributed by atoms with van der Waals surface area (Å²) in [5.41, 5.74) is 0.625. The van der Waals surface area contributed by atoms with Gasteiger partial charge in [0.2, 0.25) is 5.91 Å². The van der Waals surface area contributed by atoms with Crippen LogP contribution in [0.5, 0.6) is 0 Å². The van der Waals surface area contributed by atoms with Crippen LogP contribution in [-0.2, 0) is 11.3 Å². The third-order valence-corrected chi connectivity index (χ3v) is 8.19. The molecule has 6 nitrogen and oxygen atoms in total. The summed E-state index contributed by atoms with van der Waals surface area (Å²) in [7, 11) is 0. The maximum absolute atomic E-state index is 13.6. The Morgan fingerprint density at radius 3 is 2.30 bits per heavy atom. The summed E-state index contributed by atoms with van der Waals surface area (Å²) in [4.78, 5) is 37.9. The van der Waals surface area contributed by atoms with Crippen LogP contribution in [0.4, 0.5) is 0 Å². The van der Waals surface area contributed by atoms with E-state index < -0.39 is 0 Å². The van der Waals surface area contributed by atoms with Gasteiger partial charge >= 0.3 is 0 Å². The van der Waals surface area contributed by atoms with Crippen LogP contribution in [0.15, 0.2) is 29.1 Å². The van der Waals surface area contributed by atoms with Crippen molar-refractivity contribution in [2.45, 2.75) is 45.1 Å². The monoisotopic (exact) mass is 406 g/mol. The normalized spacial score (nSPS) is 33.3. The van der Waals surface area contributed by atoms with Crippen LogP contribution < -0.4 is 5.56 Å². The highest BCUT2D eigenvalue weighted by molar-refractivity contribution is 5.83. The number of piperazine rings is 1. The van der Waals surface area contributed by atoms with Crippen molar-refractivity contribution in [1.82, 2.24) is 19.8 Å². The molecule has 4 bridgehead atoms. The Bertz CT molecular complexity index is 1000. The molecule has 158 valence electrons. The molecule has 0 radical (unpaired) electrons. The van der Waals surface area contributed by atoms with Crippen LogP contribution in [0.1, 0.15) is 44.3 Å². The third-order valence-electron chi connectivity index (χ3n) is 8.19. The first-order chi connectivity index (χ1) is 14.6. The van der Waals surface area contributed by atoms with Gasteiger partial charge in [0.1, 0.15) is 5.82 Å². The van der Waals surface area contributed by atoms with Crippen molar-refractivity contribution in [2.24, 2.45) is 23.2 Å². The fraction of sp³-hybridized carbons (Fsp3) is 0.625. The van der Waals surface area contributed by atoms with E-state index in [1.54, 1.807) is 6.07 Å². The van der Waals surface area contributed by atoms with Crippen molar-refractivity contribution < 1.29 is 4.79 Å². The quantitative estimate of drug-likeness (QED) is 0.851. The highest BCUT2D eigenvalue weighted by Gasteiger charge is 2.55. The third kappa shape index (κ3) is 3.08. The van der Waals surface area contributed by atoms with Gasteiger partial charge in [-0.3, -0.25) is 14.5 Å². The molecule has 6 heteroatoms. The van der Waals surface area contributed by atoms with Crippen molar-refractivity contribution >= 4 is 16.8 Å². The standard InChI is InChI=1S/C24H30N4O2/c29-22-19-3-1-2-4-20(19)25-21(26-22)15-27-5-7-28(8-6-27)23(30)24-12-16-9-17(13-24)11-18(10-16)14-24/h1-4,16-18H,5-15H2,(H,25,26,29). The number of fused-ring (bicyclic) bond motifs is 1. The summed E-state index contributed by atoms with van der Waals surface area (Å²) in [6.07, 6.45) is 7.53. The second kappa shape index (κ2) is 6.91. The van der Waals surface area contributed by atoms with Gasteiger partial charge < -0.3 is 9.88 Å². The Hall–Kier alpha value is -2.21. The van der Waals surface area contributed by atoms with Gasteiger partial charge in [0.05, 0.1) is 22.9 Å². The van der Waals surface area contributed by atoms with Crippen LogP contribution in [0.25, 0.3) is 10.9 Å². The first-order valence-electron chi connectivity index (χ1n) is 11.6. The number of amides is 1. The Balaban J connectivity index is 1.12. The number of nitrogens with one attached hydrogen (secondary N) is 1. The molecule has 1 N–H and O–H groups in total. The number of para-hydroxylation sites is 1. The first-order valence-corrected chi connectivity index (χ1v) is 11.6. The number of nitrogens with zero attached hydrogens (tertiary/aromatic N) is 3. The topological polar surface area (TPSA) is 69.3 Å². The number of hydrogen-bond acceptors (Lipinski definition) is 4. The number of benzene rings is 1. The van der Waals surface area contributed by atoms with Gasteiger partial charge in [-0.2, -0.15) is 0 Å². The van der Waals surface area contributed by atoms with Crippen molar-refractivity contribution in [3.63, 3.8) is 0 Å². The van der Waals surface area contributed by atoms with E-state index in [0.29, 0.717) is 23.7 Å². The Kier molecular flexibility index (Phi) is 4.27. The minimum Gasteiger partial charge on any atom is -0.340 e. The van der Waals surface area contributed by atoms with Crippen molar-refractivity contribution in [2.75, 3.05) is 26.2 Å². The van der Waals surface area contributed by atoms with E-state index in [0.717, 1.165) is 68.7 Å². The van der Waals surface area contributed by atoms with Crippen molar-refractivity contribution in [3.05, 3.63) is 40.4 Å². The largest absolute Gasteiger partial charge is 0.340 e. The second-order valence-electron chi connectivity index (χ2n) is 10.3. The highest BCUT2D eigenvalue weighted by Crippen LogP contribution is 2.60. The Morgan fingerprint density at radius 2 is 1.63 bits per heavy atom. The van der Waals surface area contributed by atoms with Crippen LogP contribution in [0, 0.1) is 23.2 Å². The second-order valence-corrected chi connectivity index (χ2v) is 10.3. The molecule has 0 unspecified atom stereocenters. The molecule has 1 saturated heterocycles. The number of hydrogen-bond donors (Lipinski definition) is 1. The van der Waals surface area contributed by atoms with Crippen LogP contribution in [0.2, 0.25) is 0 Å². The lowest BCUT2D eigenvalue weighted by Crippen LogP contribution is -2.58. The predicted octanol–water partition coefficient (Wildman–Crippen LogP) is 2.78. The van der Waals surface area contributed by atoms with E-state index in [4.69, 9.17) is 0 Å². The molecule has 5 fully saturated rings. The van der Waals surface area contributed by atoms with Gasteiger partial charge in [0.15, 0.2) is 0 Å². The van der Waals surface area contributed by atoms with E-state index in [1.807, 2.05) is 18.2 Å². The van der Waals surface area contributed by atoms with Crippen LogP contribution >= 0.6 is 0 Å². The lowest BCUT2D eigenvalue weighted by molar-refractivity contribution is -0.159. The maximum Gasteiger partial charge on any atom is 0.258 e. The number of carbonyl (C=O) groups excluding carboxylic acids is 1. The molecule has 2 aromatic rings. The molecule has 2 heterocycles. The summed E-state index contributed by atoms with van der Waals surface area (Å²) in [5, 5.41) is 0.632. The summed E-state index contributed by atoms with van der Waals surface area (Å²) < 4.78 is 0. The first kappa shape index (κ1) is 18.6. The average Bonchev–Trinajstić information content (AvgIpc) is 2.73. The molecular formula is C24H30N4O2. The Morgan fingerprint density at radius 1 is 1.00 bits per heavy atom. The van der Waals surface area contributed by atoms with Gasteiger partial charge in [0, 0.05) is 26.2 Å². The molecule has 4 aliphatic carbocycles. The molecule has 30 heavy (non-hydrogen) atoms. The zero-order valence-corrected chi connectivity index (χ0v) is 17.5. The summed E-state index contributed by atoms with van der Waals surface area (Å²) >= 11 is 0. The van der Waals surface area contributed by atoms with Gasteiger partial charge in [-0.15, -0.1) is 0 Å². The van der Waals surface area contributed by atoms with Crippen molar-refractivity contribution in [1.29, 1.82) is 0 Å². The molecule has 1 aromatic carbocycles. The molecule has 5 aliphatic rings. The van der Waals surface area contributed by atoms with E-state index in [9.17, 15) is 9.59 Å². The number of rotatable bonds is 3. The highest BCUT2D eigenvalue weighted by atomic mass is 16.2. The lowest BCUT2D eigenvalue weighted by atomic mass is 9.49. The average molecular weight is 407 g/mol. The minimum absolute atomic E-state index is 0.0396. The minimum atomic E-state index is -0.0776. The number of H-pyrrole nitrogens is 1. The number of aromatic nitrogens is 2. The maximum atomic E-state index is 13.6. The molecular weight excluding hydrogens is 376 g/mol. The van der Waals surface area contributed by atoms with E-state index in [2.05, 4.69) is 19.8 Å². The molecule has 0 atom stereocenters. The predicted molar refractivity (Wildman–Crippen MR) is 115 cm³/mol. The number of aromatic amines is 1. The number of carbonyl (C=O) groups is 1. The lowest BCUT2D eigenvalue weighted by Gasteiger charge is -2.57. The molecule has 0 spiro atoms. The SMILES string of the molecule is O=C(N1CCN(Cc2nc3ccccc3c(=O)[nH]2)CC1)C12CC3CC(CC(C3)C1)C2. The zero-order chi connectivity index (χ0) is 20.3.